The summed E-state index contributed by atoms with van der Waals surface area (Å²) in [6.07, 6.45) is 2.48. The van der Waals surface area contributed by atoms with Gasteiger partial charge in [0.05, 0.1) is 15.6 Å². The van der Waals surface area contributed by atoms with Gasteiger partial charge in [0.1, 0.15) is 11.5 Å². The Bertz CT molecular complexity index is 1420. The lowest BCUT2D eigenvalue weighted by Crippen LogP contribution is -2.31. The number of carbonyl (C=O) groups excluding carboxylic acids is 1. The minimum atomic E-state index is -0.0944. The summed E-state index contributed by atoms with van der Waals surface area (Å²) in [6, 6.07) is 28.6. The summed E-state index contributed by atoms with van der Waals surface area (Å²) in [4.78, 5) is 20.4. The first-order valence-electron chi connectivity index (χ1n) is 11.0. The predicted octanol–water partition coefficient (Wildman–Crippen LogP) is 8.10. The molecule has 1 aromatic heterocycles. The van der Waals surface area contributed by atoms with Crippen LogP contribution in [0.4, 0.5) is 5.69 Å². The van der Waals surface area contributed by atoms with Crippen molar-refractivity contribution >= 4 is 57.8 Å². The molecule has 1 aliphatic rings. The lowest BCUT2D eigenvalue weighted by Gasteiger charge is -2.15. The smallest absolute Gasteiger partial charge is 0.266 e. The minimum Gasteiger partial charge on any atom is -0.457 e. The van der Waals surface area contributed by atoms with Crippen LogP contribution in [0.15, 0.2) is 105 Å². The fourth-order valence-electron chi connectivity index (χ4n) is 3.68. The Morgan fingerprint density at radius 2 is 1.66 bits per heavy atom. The van der Waals surface area contributed by atoms with Crippen LogP contribution in [0.2, 0.25) is 10.0 Å². The molecule has 0 saturated carbocycles. The number of thioether (sulfide) groups is 1. The second-order valence-corrected chi connectivity index (χ2v) is 9.71. The average molecular weight is 519 g/mol. The Morgan fingerprint density at radius 3 is 2.40 bits per heavy atom. The number of halogens is 2. The lowest BCUT2D eigenvalue weighted by molar-refractivity contribution is -0.122. The van der Waals surface area contributed by atoms with Crippen molar-refractivity contribution in [3.8, 4) is 11.3 Å². The first-order chi connectivity index (χ1) is 17.1. The Hall–Kier alpha value is -3.25. The topological polar surface area (TPSA) is 45.8 Å². The molecule has 0 bridgehead atoms. The molecule has 1 aliphatic heterocycles. The highest BCUT2D eigenvalue weighted by Gasteiger charge is 2.33. The summed E-state index contributed by atoms with van der Waals surface area (Å²) < 4.78 is 5.99. The molecule has 4 nitrogen and oxygen atoms in total. The van der Waals surface area contributed by atoms with E-state index in [2.05, 4.69) is 12.1 Å². The molecule has 1 saturated heterocycles. The van der Waals surface area contributed by atoms with Crippen molar-refractivity contribution in [3.63, 3.8) is 0 Å². The van der Waals surface area contributed by atoms with E-state index in [1.807, 2.05) is 66.7 Å². The van der Waals surface area contributed by atoms with E-state index in [1.165, 1.54) is 11.8 Å². The molecule has 0 atom stereocenters. The molecule has 0 N–H and O–H groups in total. The summed E-state index contributed by atoms with van der Waals surface area (Å²) in [6.45, 7) is 0.530. The fourth-order valence-corrected chi connectivity index (χ4v) is 5.19. The van der Waals surface area contributed by atoms with Crippen molar-refractivity contribution in [1.29, 1.82) is 0 Å². The molecule has 174 valence electrons. The number of benzene rings is 3. The third-order valence-electron chi connectivity index (χ3n) is 5.43. The van der Waals surface area contributed by atoms with Gasteiger partial charge in [-0.15, -0.1) is 0 Å². The average Bonchev–Trinajstić information content (AvgIpc) is 3.44. The molecule has 0 spiro atoms. The zero-order valence-corrected chi connectivity index (χ0v) is 20.9. The van der Waals surface area contributed by atoms with E-state index >= 15 is 0 Å². The first-order valence-corrected chi connectivity index (χ1v) is 12.6. The Kier molecular flexibility index (Phi) is 7.09. The number of amidine groups is 1. The van der Waals surface area contributed by atoms with E-state index in [1.54, 1.807) is 23.1 Å². The number of rotatable bonds is 6. The van der Waals surface area contributed by atoms with Crippen molar-refractivity contribution in [2.75, 3.05) is 6.54 Å². The zero-order chi connectivity index (χ0) is 24.2. The molecule has 2 heterocycles. The molecule has 0 unspecified atom stereocenters. The van der Waals surface area contributed by atoms with Gasteiger partial charge >= 0.3 is 0 Å². The quantitative estimate of drug-likeness (QED) is 0.242. The molecule has 1 fully saturated rings. The van der Waals surface area contributed by atoms with Crippen LogP contribution in [-0.4, -0.2) is 22.5 Å². The number of hydrogen-bond acceptors (Lipinski definition) is 4. The van der Waals surface area contributed by atoms with Crippen molar-refractivity contribution in [1.82, 2.24) is 4.90 Å². The van der Waals surface area contributed by atoms with Crippen LogP contribution in [0.1, 0.15) is 11.3 Å². The summed E-state index contributed by atoms with van der Waals surface area (Å²) in [5, 5.41) is 1.71. The lowest BCUT2D eigenvalue weighted by atomic mass is 10.1. The maximum Gasteiger partial charge on any atom is 0.266 e. The SMILES string of the molecule is O=C1/C(=C\c2ccc(-c3ccc(Cl)cc3Cl)o2)SC(=Nc2ccccc2)N1CCc1ccccc1. The van der Waals surface area contributed by atoms with Gasteiger partial charge in [-0.25, -0.2) is 4.99 Å². The monoisotopic (exact) mass is 518 g/mol. The highest BCUT2D eigenvalue weighted by molar-refractivity contribution is 8.18. The van der Waals surface area contributed by atoms with Gasteiger partial charge in [0.25, 0.3) is 5.91 Å². The molecule has 0 radical (unpaired) electrons. The summed E-state index contributed by atoms with van der Waals surface area (Å²) in [5.74, 6) is 1.07. The van der Waals surface area contributed by atoms with Crippen molar-refractivity contribution in [2.45, 2.75) is 6.42 Å². The van der Waals surface area contributed by atoms with Crippen LogP contribution in [0.3, 0.4) is 0 Å². The summed E-state index contributed by atoms with van der Waals surface area (Å²) in [7, 11) is 0. The standard InChI is InChI=1S/C28H20Cl2N2O2S/c29-20-11-13-23(24(30)17-20)25-14-12-22(34-25)18-26-27(33)32(16-15-19-7-3-1-4-8-19)28(35-26)31-21-9-5-2-6-10-21/h1-14,17-18H,15-16H2/b26-18+,31-28?. The van der Waals surface area contributed by atoms with Gasteiger partial charge in [-0.1, -0.05) is 71.7 Å². The molecule has 0 aliphatic carbocycles. The normalized spacial score (nSPS) is 15.9. The van der Waals surface area contributed by atoms with Gasteiger partial charge in [-0.2, -0.15) is 0 Å². The number of aliphatic imine (C=N–C) groups is 1. The van der Waals surface area contributed by atoms with Gasteiger partial charge in [0, 0.05) is 23.2 Å². The van der Waals surface area contributed by atoms with Crippen LogP contribution in [0.5, 0.6) is 0 Å². The van der Waals surface area contributed by atoms with Crippen LogP contribution >= 0.6 is 35.0 Å². The number of carbonyl (C=O) groups is 1. The summed E-state index contributed by atoms with van der Waals surface area (Å²) in [5.41, 5.74) is 2.70. The molecule has 7 heteroatoms. The van der Waals surface area contributed by atoms with Gasteiger partial charge < -0.3 is 4.42 Å². The maximum atomic E-state index is 13.4. The zero-order valence-electron chi connectivity index (χ0n) is 18.5. The molecule has 5 rings (SSSR count). The molecule has 4 aromatic rings. The number of amides is 1. The van der Waals surface area contributed by atoms with Crippen LogP contribution in [0, 0.1) is 0 Å². The van der Waals surface area contributed by atoms with Gasteiger partial charge in [0.15, 0.2) is 5.17 Å². The highest BCUT2D eigenvalue weighted by Crippen LogP contribution is 2.36. The van der Waals surface area contributed by atoms with E-state index < -0.39 is 0 Å². The van der Waals surface area contributed by atoms with E-state index in [-0.39, 0.29) is 5.91 Å². The Morgan fingerprint density at radius 1 is 0.914 bits per heavy atom. The van der Waals surface area contributed by atoms with E-state index in [9.17, 15) is 4.79 Å². The molecule has 1 amide bonds. The first kappa shape index (κ1) is 23.5. The largest absolute Gasteiger partial charge is 0.457 e. The molecule has 3 aromatic carbocycles. The maximum absolute atomic E-state index is 13.4. The Balaban J connectivity index is 1.42. The van der Waals surface area contributed by atoms with Crippen molar-refractivity contribution in [3.05, 3.63) is 117 Å². The number of hydrogen-bond donors (Lipinski definition) is 0. The third kappa shape index (κ3) is 5.54. The van der Waals surface area contributed by atoms with Crippen LogP contribution in [-0.2, 0) is 11.2 Å². The molecular weight excluding hydrogens is 499 g/mol. The van der Waals surface area contributed by atoms with E-state index in [0.717, 1.165) is 23.2 Å². The molecule has 35 heavy (non-hydrogen) atoms. The third-order valence-corrected chi connectivity index (χ3v) is 6.99. The van der Waals surface area contributed by atoms with Crippen molar-refractivity contribution < 1.29 is 9.21 Å². The van der Waals surface area contributed by atoms with Crippen LogP contribution < -0.4 is 0 Å². The van der Waals surface area contributed by atoms with Crippen molar-refractivity contribution in [2.24, 2.45) is 4.99 Å². The van der Waals surface area contributed by atoms with Gasteiger partial charge in [0.2, 0.25) is 0 Å². The predicted molar refractivity (Wildman–Crippen MR) is 145 cm³/mol. The fraction of sp³-hybridized carbons (Fsp3) is 0.0714. The highest BCUT2D eigenvalue weighted by atomic mass is 35.5. The van der Waals surface area contributed by atoms with E-state index in [4.69, 9.17) is 32.6 Å². The minimum absolute atomic E-state index is 0.0944. The number of furan rings is 1. The second-order valence-electron chi connectivity index (χ2n) is 7.86. The number of nitrogens with zero attached hydrogens (tertiary/aromatic N) is 2. The Labute approximate surface area is 217 Å². The molecular formula is C28H20Cl2N2O2S. The van der Waals surface area contributed by atoms with Crippen LogP contribution in [0.25, 0.3) is 17.4 Å². The second kappa shape index (κ2) is 10.6. The van der Waals surface area contributed by atoms with Gasteiger partial charge in [-0.3, -0.25) is 9.69 Å². The van der Waals surface area contributed by atoms with Gasteiger partial charge in [-0.05, 0) is 66.2 Å². The summed E-state index contributed by atoms with van der Waals surface area (Å²) >= 11 is 13.7. The van der Waals surface area contributed by atoms with E-state index in [0.29, 0.717) is 38.2 Å². The number of para-hydroxylation sites is 1.